The summed E-state index contributed by atoms with van der Waals surface area (Å²) in [5, 5.41) is 9.65. The summed E-state index contributed by atoms with van der Waals surface area (Å²) in [4.78, 5) is 32.6. The number of aromatic amines is 1. The molecule has 2 N–H and O–H groups in total. The van der Waals surface area contributed by atoms with E-state index < -0.39 is 17.6 Å². The van der Waals surface area contributed by atoms with Crippen LogP contribution in [0.25, 0.3) is 0 Å². The molecule has 0 saturated carbocycles. The maximum absolute atomic E-state index is 12.3. The highest BCUT2D eigenvalue weighted by atomic mass is 16.5. The van der Waals surface area contributed by atoms with Crippen LogP contribution >= 0.6 is 0 Å². The summed E-state index contributed by atoms with van der Waals surface area (Å²) < 4.78 is 4.81. The van der Waals surface area contributed by atoms with Gasteiger partial charge in [-0.2, -0.15) is 0 Å². The highest BCUT2D eigenvalue weighted by molar-refractivity contribution is 5.94. The van der Waals surface area contributed by atoms with Crippen LogP contribution in [-0.2, 0) is 4.74 Å². The number of methoxy groups -OCH3 is 1. The molecule has 1 aromatic heterocycles. The molecule has 1 rings (SSSR count). The van der Waals surface area contributed by atoms with Crippen LogP contribution in [0.1, 0.15) is 41.6 Å². The lowest BCUT2D eigenvalue weighted by Crippen LogP contribution is -2.39. The summed E-state index contributed by atoms with van der Waals surface area (Å²) in [7, 11) is 2.99. The number of ether oxygens (including phenoxy) is 1. The standard InChI is InChI=1S/C14H23N3O4/c1-8(2)12-15-9(3)11(13(19)16-12)14(20)17(4)6-10(18)7-21-5/h8,10,18H,6-7H2,1-5H3,(H,15,16,19). The Kier molecular flexibility index (Phi) is 6.04. The number of hydrogen-bond donors (Lipinski definition) is 2. The van der Waals surface area contributed by atoms with Crippen molar-refractivity contribution in [1.82, 2.24) is 14.9 Å². The molecular weight excluding hydrogens is 274 g/mol. The highest BCUT2D eigenvalue weighted by Crippen LogP contribution is 2.10. The van der Waals surface area contributed by atoms with Crippen LogP contribution in [0, 0.1) is 6.92 Å². The van der Waals surface area contributed by atoms with Gasteiger partial charge in [0.25, 0.3) is 11.5 Å². The number of amides is 1. The zero-order chi connectivity index (χ0) is 16.2. The quantitative estimate of drug-likeness (QED) is 0.786. The molecule has 0 aromatic carbocycles. The van der Waals surface area contributed by atoms with Gasteiger partial charge in [0.05, 0.1) is 18.4 Å². The fourth-order valence-corrected chi connectivity index (χ4v) is 1.97. The molecule has 0 fully saturated rings. The molecule has 1 amide bonds. The van der Waals surface area contributed by atoms with E-state index in [1.165, 1.54) is 19.1 Å². The third-order valence-corrected chi connectivity index (χ3v) is 3.07. The van der Waals surface area contributed by atoms with E-state index in [2.05, 4.69) is 9.97 Å². The summed E-state index contributed by atoms with van der Waals surface area (Å²) in [6.07, 6.45) is -0.800. The topological polar surface area (TPSA) is 95.5 Å². The predicted molar refractivity (Wildman–Crippen MR) is 78.5 cm³/mol. The Morgan fingerprint density at radius 2 is 2.10 bits per heavy atom. The Labute approximate surface area is 124 Å². The van der Waals surface area contributed by atoms with Gasteiger partial charge < -0.3 is 19.7 Å². The number of aliphatic hydroxyl groups excluding tert-OH is 1. The van der Waals surface area contributed by atoms with E-state index >= 15 is 0 Å². The molecule has 1 unspecified atom stereocenters. The van der Waals surface area contributed by atoms with Gasteiger partial charge in [0, 0.05) is 26.6 Å². The molecule has 21 heavy (non-hydrogen) atoms. The van der Waals surface area contributed by atoms with Crippen LogP contribution in [0.5, 0.6) is 0 Å². The summed E-state index contributed by atoms with van der Waals surface area (Å²) >= 11 is 0. The third kappa shape index (κ3) is 4.37. The molecule has 0 saturated heterocycles. The van der Waals surface area contributed by atoms with Crippen molar-refractivity contribution in [3.8, 4) is 0 Å². The lowest BCUT2D eigenvalue weighted by Gasteiger charge is -2.21. The zero-order valence-electron chi connectivity index (χ0n) is 13.1. The molecule has 118 valence electrons. The van der Waals surface area contributed by atoms with Crippen LogP contribution in [0.15, 0.2) is 4.79 Å². The number of nitrogens with one attached hydrogen (secondary N) is 1. The Morgan fingerprint density at radius 3 is 2.57 bits per heavy atom. The number of aryl methyl sites for hydroxylation is 1. The van der Waals surface area contributed by atoms with Crippen molar-refractivity contribution in [1.29, 1.82) is 0 Å². The average Bonchev–Trinajstić information content (AvgIpc) is 2.37. The molecule has 1 atom stereocenters. The van der Waals surface area contributed by atoms with Crippen LogP contribution in [-0.4, -0.2) is 59.3 Å². The van der Waals surface area contributed by atoms with Crippen molar-refractivity contribution in [2.75, 3.05) is 27.3 Å². The second kappa shape index (κ2) is 7.33. The van der Waals surface area contributed by atoms with Gasteiger partial charge in [0.15, 0.2) is 0 Å². The van der Waals surface area contributed by atoms with Gasteiger partial charge >= 0.3 is 0 Å². The monoisotopic (exact) mass is 297 g/mol. The first-order valence-corrected chi connectivity index (χ1v) is 6.81. The van der Waals surface area contributed by atoms with Gasteiger partial charge in [0.1, 0.15) is 11.4 Å². The minimum absolute atomic E-state index is 0.00603. The molecule has 0 aliphatic rings. The minimum Gasteiger partial charge on any atom is -0.389 e. The molecule has 7 heteroatoms. The van der Waals surface area contributed by atoms with Crippen molar-refractivity contribution in [2.24, 2.45) is 0 Å². The number of hydrogen-bond acceptors (Lipinski definition) is 5. The summed E-state index contributed by atoms with van der Waals surface area (Å²) in [6, 6.07) is 0. The van der Waals surface area contributed by atoms with Crippen molar-refractivity contribution in [2.45, 2.75) is 32.8 Å². The Hall–Kier alpha value is -1.73. The number of H-pyrrole nitrogens is 1. The maximum atomic E-state index is 12.3. The number of nitrogens with zero attached hydrogens (tertiary/aromatic N) is 2. The molecule has 0 spiro atoms. The number of likely N-dealkylation sites (N-methyl/N-ethyl adjacent to an activating group) is 1. The van der Waals surface area contributed by atoms with Crippen molar-refractivity contribution in [3.05, 3.63) is 27.4 Å². The summed E-state index contributed by atoms with van der Waals surface area (Å²) in [5.41, 5.74) is -0.0590. The molecule has 1 aromatic rings. The second-order valence-electron chi connectivity index (χ2n) is 5.36. The van der Waals surface area contributed by atoms with Gasteiger partial charge in [-0.05, 0) is 6.92 Å². The molecule has 0 radical (unpaired) electrons. The van der Waals surface area contributed by atoms with Crippen LogP contribution in [0.4, 0.5) is 0 Å². The number of rotatable bonds is 6. The number of carbonyl (C=O) groups is 1. The first-order chi connectivity index (χ1) is 9.77. The number of carbonyl (C=O) groups excluding carboxylic acids is 1. The van der Waals surface area contributed by atoms with E-state index in [0.29, 0.717) is 11.5 Å². The molecule has 0 bridgehead atoms. The Morgan fingerprint density at radius 1 is 1.48 bits per heavy atom. The highest BCUT2D eigenvalue weighted by Gasteiger charge is 2.22. The predicted octanol–water partition coefficient (Wildman–Crippen LogP) is 0.281. The molecule has 0 aliphatic heterocycles. The van der Waals surface area contributed by atoms with Crippen LogP contribution in [0.3, 0.4) is 0 Å². The van der Waals surface area contributed by atoms with Crippen molar-refractivity contribution >= 4 is 5.91 Å². The smallest absolute Gasteiger partial charge is 0.264 e. The Balaban J connectivity index is 3.00. The third-order valence-electron chi connectivity index (χ3n) is 3.07. The summed E-state index contributed by atoms with van der Waals surface area (Å²) in [6.45, 7) is 5.65. The van der Waals surface area contributed by atoms with E-state index in [4.69, 9.17) is 4.74 Å². The lowest BCUT2D eigenvalue weighted by atomic mass is 10.1. The second-order valence-corrected chi connectivity index (χ2v) is 5.36. The van der Waals surface area contributed by atoms with Gasteiger partial charge in [-0.1, -0.05) is 13.8 Å². The van der Waals surface area contributed by atoms with Gasteiger partial charge in [-0.25, -0.2) is 4.98 Å². The molecule has 0 aliphatic carbocycles. The largest absolute Gasteiger partial charge is 0.389 e. The minimum atomic E-state index is -0.800. The van der Waals surface area contributed by atoms with E-state index in [1.807, 2.05) is 13.8 Å². The SMILES string of the molecule is COCC(O)CN(C)C(=O)c1c(C)nc(C(C)C)[nH]c1=O. The molecule has 7 nitrogen and oxygen atoms in total. The van der Waals surface area contributed by atoms with Gasteiger partial charge in [-0.3, -0.25) is 9.59 Å². The normalized spacial score (nSPS) is 12.5. The fraction of sp³-hybridized carbons (Fsp3) is 0.643. The fourth-order valence-electron chi connectivity index (χ4n) is 1.97. The van der Waals surface area contributed by atoms with E-state index in [1.54, 1.807) is 6.92 Å². The zero-order valence-corrected chi connectivity index (χ0v) is 13.1. The van der Waals surface area contributed by atoms with E-state index in [0.717, 1.165) is 0 Å². The van der Waals surface area contributed by atoms with Crippen LogP contribution in [0.2, 0.25) is 0 Å². The molecular formula is C14H23N3O4. The van der Waals surface area contributed by atoms with Crippen LogP contribution < -0.4 is 5.56 Å². The van der Waals surface area contributed by atoms with E-state index in [9.17, 15) is 14.7 Å². The average molecular weight is 297 g/mol. The number of aliphatic hydroxyl groups is 1. The maximum Gasteiger partial charge on any atom is 0.264 e. The van der Waals surface area contributed by atoms with Gasteiger partial charge in [0.2, 0.25) is 0 Å². The lowest BCUT2D eigenvalue weighted by molar-refractivity contribution is 0.0379. The van der Waals surface area contributed by atoms with Crippen molar-refractivity contribution < 1.29 is 14.6 Å². The Bertz CT molecular complexity index is 554. The summed E-state index contributed by atoms with van der Waals surface area (Å²) in [5.74, 6) is 0.157. The molecule has 1 heterocycles. The number of aromatic nitrogens is 2. The first-order valence-electron chi connectivity index (χ1n) is 6.81. The van der Waals surface area contributed by atoms with Gasteiger partial charge in [-0.15, -0.1) is 0 Å². The first kappa shape index (κ1) is 17.3. The van der Waals surface area contributed by atoms with Crippen molar-refractivity contribution in [3.63, 3.8) is 0 Å². The van der Waals surface area contributed by atoms with E-state index in [-0.39, 0.29) is 24.6 Å².